The first-order chi connectivity index (χ1) is 10.0. The number of rotatable bonds is 5. The lowest BCUT2D eigenvalue weighted by Gasteiger charge is -2.20. The number of sulfonamides is 1. The number of hydrogen-bond acceptors (Lipinski definition) is 4. The van der Waals surface area contributed by atoms with Crippen LogP contribution in [0.2, 0.25) is 0 Å². The van der Waals surface area contributed by atoms with Crippen molar-refractivity contribution in [1.82, 2.24) is 9.62 Å². The highest BCUT2D eigenvalue weighted by molar-refractivity contribution is 7.89. The summed E-state index contributed by atoms with van der Waals surface area (Å²) in [5, 5.41) is 3.43. The summed E-state index contributed by atoms with van der Waals surface area (Å²) >= 11 is 0. The quantitative estimate of drug-likeness (QED) is 0.871. The van der Waals surface area contributed by atoms with Gasteiger partial charge in [-0.3, -0.25) is 0 Å². The van der Waals surface area contributed by atoms with E-state index in [2.05, 4.69) is 22.0 Å². The van der Waals surface area contributed by atoms with E-state index >= 15 is 0 Å². The molecule has 21 heavy (non-hydrogen) atoms. The number of benzene rings is 1. The fraction of sp³-hybridized carbons (Fsp3) is 0.600. The Morgan fingerprint density at radius 3 is 2.76 bits per heavy atom. The molecule has 1 saturated heterocycles. The van der Waals surface area contributed by atoms with Crippen LogP contribution in [0.4, 0.5) is 5.69 Å². The van der Waals surface area contributed by atoms with Gasteiger partial charge in [-0.1, -0.05) is 19.1 Å². The van der Waals surface area contributed by atoms with Crippen LogP contribution >= 0.6 is 0 Å². The Bertz CT molecular complexity index is 560. The highest BCUT2D eigenvalue weighted by Gasteiger charge is 2.20. The maximum Gasteiger partial charge on any atom is 0.242 e. The Hall–Kier alpha value is -1.11. The molecule has 0 aliphatic carbocycles. The first-order valence-electron chi connectivity index (χ1n) is 7.56. The summed E-state index contributed by atoms with van der Waals surface area (Å²) in [6.07, 6.45) is 3.24. The van der Waals surface area contributed by atoms with Crippen LogP contribution in [0.3, 0.4) is 0 Å². The molecule has 0 radical (unpaired) electrons. The summed E-state index contributed by atoms with van der Waals surface area (Å²) in [6.45, 7) is 4.33. The summed E-state index contributed by atoms with van der Waals surface area (Å²) in [5.74, 6) is 0. The summed E-state index contributed by atoms with van der Waals surface area (Å²) in [6, 6.07) is 7.46. The van der Waals surface area contributed by atoms with Crippen LogP contribution in [0.5, 0.6) is 0 Å². The Morgan fingerprint density at radius 2 is 2.00 bits per heavy atom. The van der Waals surface area contributed by atoms with Crippen molar-refractivity contribution in [2.45, 2.75) is 37.1 Å². The highest BCUT2D eigenvalue weighted by Crippen LogP contribution is 2.23. The molecule has 0 aromatic heterocycles. The zero-order chi connectivity index (χ0) is 15.3. The molecule has 5 nitrogen and oxygen atoms in total. The van der Waals surface area contributed by atoms with E-state index in [0.717, 1.165) is 32.4 Å². The average Bonchev–Trinajstić information content (AvgIpc) is 2.64. The van der Waals surface area contributed by atoms with Crippen LogP contribution < -0.4 is 10.0 Å². The van der Waals surface area contributed by atoms with Gasteiger partial charge in [-0.05, 0) is 51.5 Å². The van der Waals surface area contributed by atoms with E-state index in [0.29, 0.717) is 23.2 Å². The summed E-state index contributed by atoms with van der Waals surface area (Å²) in [4.78, 5) is 2.66. The van der Waals surface area contributed by atoms with Crippen molar-refractivity contribution in [3.05, 3.63) is 24.3 Å². The van der Waals surface area contributed by atoms with E-state index in [4.69, 9.17) is 0 Å². The lowest BCUT2D eigenvalue weighted by molar-refractivity contribution is 0.348. The molecule has 1 aromatic carbocycles. The van der Waals surface area contributed by atoms with Crippen LogP contribution in [-0.2, 0) is 10.0 Å². The van der Waals surface area contributed by atoms with Gasteiger partial charge in [0.15, 0.2) is 0 Å². The van der Waals surface area contributed by atoms with Crippen molar-refractivity contribution in [3.63, 3.8) is 0 Å². The Morgan fingerprint density at radius 1 is 1.24 bits per heavy atom. The smallest absolute Gasteiger partial charge is 0.242 e. The number of hydrogen-bond donors (Lipinski definition) is 2. The normalized spacial score (nSPS) is 21.0. The molecular weight excluding hydrogens is 286 g/mol. The van der Waals surface area contributed by atoms with Gasteiger partial charge in [0.2, 0.25) is 10.0 Å². The minimum Gasteiger partial charge on any atom is -0.381 e. The largest absolute Gasteiger partial charge is 0.381 e. The van der Waals surface area contributed by atoms with Gasteiger partial charge in [0, 0.05) is 12.6 Å². The van der Waals surface area contributed by atoms with E-state index in [9.17, 15) is 8.42 Å². The van der Waals surface area contributed by atoms with E-state index in [1.165, 1.54) is 0 Å². The molecule has 0 spiro atoms. The molecule has 1 aliphatic heterocycles. The molecule has 1 atom stereocenters. The van der Waals surface area contributed by atoms with E-state index in [1.54, 1.807) is 19.1 Å². The maximum atomic E-state index is 12.3. The third kappa shape index (κ3) is 4.43. The molecule has 2 rings (SSSR count). The molecule has 1 aromatic rings. The summed E-state index contributed by atoms with van der Waals surface area (Å²) < 4.78 is 27.1. The lowest BCUT2D eigenvalue weighted by Crippen LogP contribution is -2.27. The fourth-order valence-corrected chi connectivity index (χ4v) is 3.90. The van der Waals surface area contributed by atoms with Crippen molar-refractivity contribution in [2.24, 2.45) is 0 Å². The van der Waals surface area contributed by atoms with Gasteiger partial charge < -0.3 is 10.2 Å². The molecule has 6 heteroatoms. The molecule has 1 fully saturated rings. The van der Waals surface area contributed by atoms with Crippen molar-refractivity contribution in [2.75, 3.05) is 32.0 Å². The highest BCUT2D eigenvalue weighted by atomic mass is 32.2. The second-order valence-electron chi connectivity index (χ2n) is 5.57. The van der Waals surface area contributed by atoms with Crippen molar-refractivity contribution in [1.29, 1.82) is 0 Å². The topological polar surface area (TPSA) is 61.4 Å². The SMILES string of the molecule is CCNS(=O)(=O)c1ccccc1NC1CCCN(C)CC1. The average molecular weight is 311 g/mol. The van der Waals surface area contributed by atoms with Crippen molar-refractivity contribution >= 4 is 15.7 Å². The lowest BCUT2D eigenvalue weighted by atomic mass is 10.1. The second kappa shape index (κ2) is 7.24. The minimum absolute atomic E-state index is 0.327. The zero-order valence-electron chi connectivity index (χ0n) is 12.8. The van der Waals surface area contributed by atoms with Gasteiger partial charge in [-0.15, -0.1) is 0 Å². The molecule has 1 unspecified atom stereocenters. The second-order valence-corrected chi connectivity index (χ2v) is 7.31. The van der Waals surface area contributed by atoms with Gasteiger partial charge in [0.05, 0.1) is 5.69 Å². The van der Waals surface area contributed by atoms with Crippen molar-refractivity contribution < 1.29 is 8.42 Å². The predicted molar refractivity (Wildman–Crippen MR) is 86.1 cm³/mol. The number of para-hydroxylation sites is 1. The Kier molecular flexibility index (Phi) is 5.61. The first kappa shape index (κ1) is 16.3. The predicted octanol–water partition coefficient (Wildman–Crippen LogP) is 1.88. The standard InChI is InChI=1S/C15H25N3O2S/c1-3-16-21(19,20)15-9-5-4-8-14(15)17-13-7-6-11-18(2)12-10-13/h4-5,8-9,13,16-17H,3,6-7,10-12H2,1-2H3. The molecule has 0 saturated carbocycles. The zero-order valence-corrected chi connectivity index (χ0v) is 13.6. The molecule has 118 valence electrons. The molecule has 1 heterocycles. The maximum absolute atomic E-state index is 12.3. The van der Waals surface area contributed by atoms with Crippen molar-refractivity contribution in [3.8, 4) is 0 Å². The first-order valence-corrected chi connectivity index (χ1v) is 9.05. The van der Waals surface area contributed by atoms with Crippen LogP contribution in [0, 0.1) is 0 Å². The van der Waals surface area contributed by atoms with Crippen LogP contribution in [0.25, 0.3) is 0 Å². The fourth-order valence-electron chi connectivity index (χ4n) is 2.69. The van der Waals surface area contributed by atoms with Crippen LogP contribution in [-0.4, -0.2) is 46.0 Å². The molecular formula is C15H25N3O2S. The number of nitrogens with zero attached hydrogens (tertiary/aromatic N) is 1. The van der Waals surface area contributed by atoms with E-state index in [-0.39, 0.29) is 0 Å². The molecule has 0 bridgehead atoms. The van der Waals surface area contributed by atoms with Gasteiger partial charge in [-0.25, -0.2) is 13.1 Å². The molecule has 0 amide bonds. The number of likely N-dealkylation sites (tertiary alicyclic amines) is 1. The van der Waals surface area contributed by atoms with Gasteiger partial charge in [0.25, 0.3) is 0 Å². The van der Waals surface area contributed by atoms with E-state index in [1.807, 2.05) is 12.1 Å². The van der Waals surface area contributed by atoms with E-state index < -0.39 is 10.0 Å². The minimum atomic E-state index is -3.43. The van der Waals surface area contributed by atoms with Gasteiger partial charge in [0.1, 0.15) is 4.90 Å². The number of anilines is 1. The van der Waals surface area contributed by atoms with Gasteiger partial charge >= 0.3 is 0 Å². The Balaban J connectivity index is 2.17. The third-order valence-corrected chi connectivity index (χ3v) is 5.43. The summed E-state index contributed by atoms with van der Waals surface area (Å²) in [7, 11) is -1.30. The monoisotopic (exact) mass is 311 g/mol. The number of nitrogens with one attached hydrogen (secondary N) is 2. The van der Waals surface area contributed by atoms with Crippen LogP contribution in [0.15, 0.2) is 29.2 Å². The Labute approximate surface area is 127 Å². The summed E-state index contributed by atoms with van der Waals surface area (Å²) in [5.41, 5.74) is 0.702. The third-order valence-electron chi connectivity index (χ3n) is 3.82. The molecule has 1 aliphatic rings. The molecule has 2 N–H and O–H groups in total. The van der Waals surface area contributed by atoms with Gasteiger partial charge in [-0.2, -0.15) is 0 Å². The van der Waals surface area contributed by atoms with Crippen LogP contribution in [0.1, 0.15) is 26.2 Å².